The molecule has 16 heavy (non-hydrogen) atoms. The van der Waals surface area contributed by atoms with Gasteiger partial charge in [0.25, 0.3) is 0 Å². The average Bonchev–Trinajstić information content (AvgIpc) is 3.01. The Morgan fingerprint density at radius 2 is 1.81 bits per heavy atom. The molecule has 0 radical (unpaired) electrons. The van der Waals surface area contributed by atoms with Crippen LogP contribution in [0.25, 0.3) is 11.5 Å². The van der Waals surface area contributed by atoms with Crippen molar-refractivity contribution in [3.05, 3.63) is 36.6 Å². The second-order valence-electron chi connectivity index (χ2n) is 4.07. The van der Waals surface area contributed by atoms with Gasteiger partial charge in [0.2, 0.25) is 5.89 Å². The minimum atomic E-state index is 0.711. The number of rotatable bonds is 2. The zero-order valence-corrected chi connectivity index (χ0v) is 9.10. The lowest BCUT2D eigenvalue weighted by Crippen LogP contribution is -2.17. The van der Waals surface area contributed by atoms with Crippen molar-refractivity contribution < 1.29 is 4.42 Å². The van der Waals surface area contributed by atoms with E-state index in [2.05, 4.69) is 9.88 Å². The Morgan fingerprint density at radius 3 is 2.56 bits per heavy atom. The lowest BCUT2D eigenvalue weighted by molar-refractivity contribution is 0.574. The molecule has 3 nitrogen and oxygen atoms in total. The van der Waals surface area contributed by atoms with Gasteiger partial charge in [-0.3, -0.25) is 0 Å². The predicted octanol–water partition coefficient (Wildman–Crippen LogP) is 2.94. The van der Waals surface area contributed by atoms with Gasteiger partial charge in [-0.05, 0) is 25.0 Å². The van der Waals surface area contributed by atoms with Crippen molar-refractivity contribution in [2.75, 3.05) is 18.0 Å². The quantitative estimate of drug-likeness (QED) is 0.769. The first-order valence-electron chi connectivity index (χ1n) is 5.69. The van der Waals surface area contributed by atoms with Crippen molar-refractivity contribution in [1.82, 2.24) is 4.98 Å². The summed E-state index contributed by atoms with van der Waals surface area (Å²) in [5.74, 6) is 1.68. The molecular formula is C13H14N2O. The highest BCUT2D eigenvalue weighted by Crippen LogP contribution is 2.24. The minimum absolute atomic E-state index is 0.711. The van der Waals surface area contributed by atoms with Gasteiger partial charge in [-0.2, -0.15) is 4.98 Å². The third-order valence-corrected chi connectivity index (χ3v) is 2.94. The van der Waals surface area contributed by atoms with Gasteiger partial charge in [0.1, 0.15) is 6.26 Å². The van der Waals surface area contributed by atoms with Gasteiger partial charge >= 0.3 is 0 Å². The van der Waals surface area contributed by atoms with Crippen LogP contribution in [0.5, 0.6) is 0 Å². The van der Waals surface area contributed by atoms with E-state index >= 15 is 0 Å². The van der Waals surface area contributed by atoms with E-state index in [1.165, 1.54) is 12.8 Å². The van der Waals surface area contributed by atoms with E-state index in [0.717, 1.165) is 24.5 Å². The summed E-state index contributed by atoms with van der Waals surface area (Å²) >= 11 is 0. The van der Waals surface area contributed by atoms with Gasteiger partial charge in [-0.25, -0.2) is 0 Å². The van der Waals surface area contributed by atoms with Crippen molar-refractivity contribution in [1.29, 1.82) is 0 Å². The number of hydrogen-bond donors (Lipinski definition) is 0. The molecule has 1 aliphatic heterocycles. The molecule has 1 aromatic carbocycles. The van der Waals surface area contributed by atoms with Crippen LogP contribution in [-0.4, -0.2) is 18.1 Å². The van der Waals surface area contributed by atoms with Crippen LogP contribution in [0.2, 0.25) is 0 Å². The Kier molecular flexibility index (Phi) is 2.37. The molecule has 0 saturated carbocycles. The Balaban J connectivity index is 1.87. The van der Waals surface area contributed by atoms with Crippen LogP contribution in [0.4, 0.5) is 5.82 Å². The van der Waals surface area contributed by atoms with Gasteiger partial charge in [-0.15, -0.1) is 0 Å². The highest BCUT2D eigenvalue weighted by molar-refractivity contribution is 5.55. The van der Waals surface area contributed by atoms with Gasteiger partial charge in [0.05, 0.1) is 0 Å². The number of benzene rings is 1. The van der Waals surface area contributed by atoms with E-state index in [-0.39, 0.29) is 0 Å². The number of nitrogens with zero attached hydrogens (tertiary/aromatic N) is 2. The standard InChI is InChI=1S/C13H14N2O/c1-2-6-11(7-3-1)13-14-12(10-16-13)15-8-4-5-9-15/h1-3,6-7,10H,4-5,8-9H2. The molecule has 1 saturated heterocycles. The molecule has 0 atom stereocenters. The second kappa shape index (κ2) is 4.00. The SMILES string of the molecule is c1ccc(-c2nc(N3CCCC3)co2)cc1. The maximum atomic E-state index is 5.51. The third-order valence-electron chi connectivity index (χ3n) is 2.94. The minimum Gasteiger partial charge on any atom is -0.442 e. The summed E-state index contributed by atoms with van der Waals surface area (Å²) in [6.45, 7) is 2.20. The second-order valence-corrected chi connectivity index (χ2v) is 4.07. The molecule has 0 unspecified atom stereocenters. The molecule has 0 spiro atoms. The molecule has 0 aliphatic carbocycles. The van der Waals surface area contributed by atoms with Crippen molar-refractivity contribution in [2.45, 2.75) is 12.8 Å². The number of anilines is 1. The molecular weight excluding hydrogens is 200 g/mol. The predicted molar refractivity (Wildman–Crippen MR) is 63.4 cm³/mol. The fourth-order valence-corrected chi connectivity index (χ4v) is 2.07. The Bertz CT molecular complexity index is 458. The highest BCUT2D eigenvalue weighted by Gasteiger charge is 2.16. The molecule has 0 amide bonds. The number of oxazole rings is 1. The fourth-order valence-electron chi connectivity index (χ4n) is 2.07. The highest BCUT2D eigenvalue weighted by atomic mass is 16.3. The smallest absolute Gasteiger partial charge is 0.227 e. The van der Waals surface area contributed by atoms with Crippen molar-refractivity contribution >= 4 is 5.82 Å². The third kappa shape index (κ3) is 1.69. The van der Waals surface area contributed by atoms with Crippen LogP contribution in [-0.2, 0) is 0 Å². The van der Waals surface area contributed by atoms with Crippen molar-refractivity contribution in [3.8, 4) is 11.5 Å². The van der Waals surface area contributed by atoms with Gasteiger partial charge < -0.3 is 9.32 Å². The fraction of sp³-hybridized carbons (Fsp3) is 0.308. The molecule has 1 fully saturated rings. The first-order valence-corrected chi connectivity index (χ1v) is 5.69. The summed E-state index contributed by atoms with van der Waals surface area (Å²) in [5.41, 5.74) is 1.04. The Morgan fingerprint density at radius 1 is 1.06 bits per heavy atom. The molecule has 2 aromatic rings. The maximum absolute atomic E-state index is 5.51. The number of hydrogen-bond acceptors (Lipinski definition) is 3. The van der Waals surface area contributed by atoms with Crippen LogP contribution >= 0.6 is 0 Å². The van der Waals surface area contributed by atoms with Crippen LogP contribution in [0, 0.1) is 0 Å². The van der Waals surface area contributed by atoms with E-state index in [9.17, 15) is 0 Å². The Labute approximate surface area is 94.7 Å². The average molecular weight is 214 g/mol. The van der Waals surface area contributed by atoms with Crippen LogP contribution in [0.3, 0.4) is 0 Å². The zero-order valence-electron chi connectivity index (χ0n) is 9.10. The molecule has 0 bridgehead atoms. The van der Waals surface area contributed by atoms with Crippen LogP contribution < -0.4 is 4.90 Å². The maximum Gasteiger partial charge on any atom is 0.227 e. The lowest BCUT2D eigenvalue weighted by Gasteiger charge is -2.11. The largest absolute Gasteiger partial charge is 0.442 e. The zero-order chi connectivity index (χ0) is 10.8. The first kappa shape index (κ1) is 9.46. The van der Waals surface area contributed by atoms with Crippen molar-refractivity contribution in [3.63, 3.8) is 0 Å². The normalized spacial score (nSPS) is 15.6. The van der Waals surface area contributed by atoms with Gasteiger partial charge in [0, 0.05) is 18.7 Å². The summed E-state index contributed by atoms with van der Waals surface area (Å²) in [7, 11) is 0. The number of aromatic nitrogens is 1. The lowest BCUT2D eigenvalue weighted by atomic mass is 10.2. The summed E-state index contributed by atoms with van der Waals surface area (Å²) in [6, 6.07) is 10.0. The van der Waals surface area contributed by atoms with Crippen LogP contribution in [0.1, 0.15) is 12.8 Å². The van der Waals surface area contributed by atoms with E-state index in [1.807, 2.05) is 30.3 Å². The summed E-state index contributed by atoms with van der Waals surface area (Å²) in [4.78, 5) is 6.80. The first-order chi connectivity index (χ1) is 7.93. The van der Waals surface area contributed by atoms with E-state index in [1.54, 1.807) is 6.26 Å². The molecule has 3 rings (SSSR count). The summed E-state index contributed by atoms with van der Waals surface area (Å²) in [6.07, 6.45) is 4.27. The summed E-state index contributed by atoms with van der Waals surface area (Å²) in [5, 5.41) is 0. The van der Waals surface area contributed by atoms with E-state index < -0.39 is 0 Å². The topological polar surface area (TPSA) is 29.3 Å². The van der Waals surface area contributed by atoms with Gasteiger partial charge in [0.15, 0.2) is 5.82 Å². The van der Waals surface area contributed by atoms with E-state index in [4.69, 9.17) is 4.42 Å². The molecule has 0 N–H and O–H groups in total. The van der Waals surface area contributed by atoms with E-state index in [0.29, 0.717) is 5.89 Å². The molecule has 3 heteroatoms. The van der Waals surface area contributed by atoms with Crippen molar-refractivity contribution in [2.24, 2.45) is 0 Å². The van der Waals surface area contributed by atoms with Gasteiger partial charge in [-0.1, -0.05) is 18.2 Å². The molecule has 1 aliphatic rings. The summed E-state index contributed by atoms with van der Waals surface area (Å²) < 4.78 is 5.51. The monoisotopic (exact) mass is 214 g/mol. The molecule has 2 heterocycles. The molecule has 1 aromatic heterocycles. The Hall–Kier alpha value is -1.77. The van der Waals surface area contributed by atoms with Crippen LogP contribution in [0.15, 0.2) is 41.0 Å². The molecule has 82 valence electrons.